The van der Waals surface area contributed by atoms with E-state index in [0.29, 0.717) is 23.7 Å². The zero-order valence-corrected chi connectivity index (χ0v) is 22.2. The van der Waals surface area contributed by atoms with E-state index in [1.165, 1.54) is 0 Å². The third kappa shape index (κ3) is 5.90. The average Bonchev–Trinajstić information content (AvgIpc) is 3.38. The molecule has 0 saturated carbocycles. The smallest absolute Gasteiger partial charge is 0.263 e. The minimum absolute atomic E-state index is 0.00380. The first-order valence-corrected chi connectivity index (χ1v) is 13.9. The number of carbonyl (C=O) groups excluding carboxylic acids is 1. The van der Waals surface area contributed by atoms with Gasteiger partial charge in [-0.2, -0.15) is 5.10 Å². The molecule has 4 rings (SSSR count). The second kappa shape index (κ2) is 10.3. The lowest BCUT2D eigenvalue weighted by Gasteiger charge is -2.15. The molecule has 1 fully saturated rings. The molecule has 0 bridgehead atoms. The number of amides is 1. The molecule has 1 aliphatic rings. The lowest BCUT2D eigenvalue weighted by Crippen LogP contribution is -2.24. The van der Waals surface area contributed by atoms with Crippen LogP contribution in [0.25, 0.3) is 11.3 Å². The van der Waals surface area contributed by atoms with Crippen LogP contribution in [0.4, 0.5) is 5.82 Å². The van der Waals surface area contributed by atoms with Crippen LogP contribution in [-0.2, 0) is 14.6 Å². The molecule has 1 aromatic heterocycles. The molecule has 1 amide bonds. The number of carbonyl (C=O) groups is 1. The molecule has 0 radical (unpaired) electrons. The van der Waals surface area contributed by atoms with E-state index in [0.717, 1.165) is 28.0 Å². The van der Waals surface area contributed by atoms with Gasteiger partial charge in [-0.15, -0.1) is 0 Å². The highest BCUT2D eigenvalue weighted by Crippen LogP contribution is 2.32. The van der Waals surface area contributed by atoms with E-state index in [2.05, 4.69) is 5.32 Å². The molecule has 2 aromatic carbocycles. The van der Waals surface area contributed by atoms with Gasteiger partial charge in [0.25, 0.3) is 5.91 Å². The highest BCUT2D eigenvalue weighted by atomic mass is 32.2. The van der Waals surface area contributed by atoms with E-state index in [9.17, 15) is 13.2 Å². The molecule has 2 heterocycles. The predicted octanol–water partition coefficient (Wildman–Crippen LogP) is 4.64. The van der Waals surface area contributed by atoms with Gasteiger partial charge in [0.2, 0.25) is 0 Å². The highest BCUT2D eigenvalue weighted by Gasteiger charge is 2.32. The van der Waals surface area contributed by atoms with Gasteiger partial charge >= 0.3 is 0 Å². The van der Waals surface area contributed by atoms with Gasteiger partial charge in [-0.3, -0.25) is 4.79 Å². The van der Waals surface area contributed by atoms with Crippen LogP contribution in [0.15, 0.2) is 42.5 Å². The van der Waals surface area contributed by atoms with Gasteiger partial charge in [0, 0.05) is 11.6 Å². The Hall–Kier alpha value is -3.33. The summed E-state index contributed by atoms with van der Waals surface area (Å²) < 4.78 is 37.5. The number of sulfone groups is 1. The molecule has 1 N–H and O–H groups in total. The molecule has 0 aliphatic carbocycles. The van der Waals surface area contributed by atoms with Crippen molar-refractivity contribution in [3.63, 3.8) is 0 Å². The normalized spacial score (nSPS) is 16.8. The lowest BCUT2D eigenvalue weighted by molar-refractivity contribution is -0.118. The number of nitrogens with one attached hydrogen (secondary N) is 1. The Kier molecular flexibility index (Phi) is 7.40. The summed E-state index contributed by atoms with van der Waals surface area (Å²) in [5.74, 6) is 1.66. The van der Waals surface area contributed by atoms with E-state index in [-0.39, 0.29) is 36.2 Å². The number of nitrogens with zero attached hydrogens (tertiary/aromatic N) is 2. The Labute approximate surface area is 212 Å². The van der Waals surface area contributed by atoms with Crippen molar-refractivity contribution in [1.29, 1.82) is 0 Å². The summed E-state index contributed by atoms with van der Waals surface area (Å²) in [4.78, 5) is 12.8. The van der Waals surface area contributed by atoms with Crippen LogP contribution in [0.2, 0.25) is 0 Å². The first kappa shape index (κ1) is 25.8. The third-order valence-corrected chi connectivity index (χ3v) is 8.05. The second-order valence-electron chi connectivity index (χ2n) is 9.60. The van der Waals surface area contributed by atoms with Crippen LogP contribution in [0.3, 0.4) is 0 Å². The van der Waals surface area contributed by atoms with Crippen molar-refractivity contribution < 1.29 is 22.7 Å². The molecule has 1 atom stereocenters. The quantitative estimate of drug-likeness (QED) is 0.473. The summed E-state index contributed by atoms with van der Waals surface area (Å²) in [6.45, 7) is 9.68. The van der Waals surface area contributed by atoms with Gasteiger partial charge in [0.1, 0.15) is 17.3 Å². The van der Waals surface area contributed by atoms with Crippen molar-refractivity contribution in [3.05, 3.63) is 59.2 Å². The monoisotopic (exact) mass is 511 g/mol. The standard InChI is InChI=1S/C27H33N3O5S/c1-17(2)35-24-10-9-21(13-19(24)4)23-14-26(30(29-23)22-11-12-36(32,33)16-22)28-27(31)15-34-25-8-6-7-18(3)20(25)5/h6-10,13-14,17,22H,11-12,15-16H2,1-5H3,(H,28,31). The molecule has 0 spiro atoms. The van der Waals surface area contributed by atoms with Crippen molar-refractivity contribution >= 4 is 21.6 Å². The van der Waals surface area contributed by atoms with Crippen LogP contribution in [-0.4, -0.2) is 48.3 Å². The zero-order chi connectivity index (χ0) is 26.0. The molecule has 3 aromatic rings. The Morgan fingerprint density at radius 2 is 1.89 bits per heavy atom. The molecule has 192 valence electrons. The van der Waals surface area contributed by atoms with Crippen molar-refractivity contribution in [2.45, 2.75) is 53.2 Å². The lowest BCUT2D eigenvalue weighted by atomic mass is 10.1. The summed E-state index contributed by atoms with van der Waals surface area (Å²) >= 11 is 0. The van der Waals surface area contributed by atoms with E-state index in [1.54, 1.807) is 10.7 Å². The summed E-state index contributed by atoms with van der Waals surface area (Å²) in [6, 6.07) is 12.9. The van der Waals surface area contributed by atoms with Crippen LogP contribution in [0.1, 0.15) is 43.0 Å². The predicted molar refractivity (Wildman–Crippen MR) is 141 cm³/mol. The van der Waals surface area contributed by atoms with E-state index >= 15 is 0 Å². The van der Waals surface area contributed by atoms with Gasteiger partial charge in [-0.1, -0.05) is 12.1 Å². The van der Waals surface area contributed by atoms with Crippen LogP contribution < -0.4 is 14.8 Å². The number of hydrogen-bond acceptors (Lipinski definition) is 6. The number of ether oxygens (including phenoxy) is 2. The molecule has 8 nitrogen and oxygen atoms in total. The molecule has 1 unspecified atom stereocenters. The molecule has 1 aliphatic heterocycles. The fourth-order valence-corrected chi connectivity index (χ4v) is 5.97. The Bertz CT molecular complexity index is 1380. The third-order valence-electron chi connectivity index (χ3n) is 6.30. The average molecular weight is 512 g/mol. The summed E-state index contributed by atoms with van der Waals surface area (Å²) in [7, 11) is -3.14. The van der Waals surface area contributed by atoms with Gasteiger partial charge in [0.15, 0.2) is 16.4 Å². The number of aromatic nitrogens is 2. The minimum Gasteiger partial charge on any atom is -0.491 e. The number of benzene rings is 2. The maximum atomic E-state index is 12.8. The maximum Gasteiger partial charge on any atom is 0.263 e. The Balaban J connectivity index is 1.58. The zero-order valence-electron chi connectivity index (χ0n) is 21.4. The van der Waals surface area contributed by atoms with Crippen molar-refractivity contribution in [2.75, 3.05) is 23.4 Å². The highest BCUT2D eigenvalue weighted by molar-refractivity contribution is 7.91. The molecular weight excluding hydrogens is 478 g/mol. The fraction of sp³-hybridized carbons (Fsp3) is 0.407. The first-order chi connectivity index (χ1) is 17.0. The minimum atomic E-state index is -3.14. The number of hydrogen-bond donors (Lipinski definition) is 1. The van der Waals surface area contributed by atoms with Crippen LogP contribution in [0.5, 0.6) is 11.5 Å². The number of rotatable bonds is 8. The van der Waals surface area contributed by atoms with Crippen molar-refractivity contribution in [2.24, 2.45) is 0 Å². The first-order valence-electron chi connectivity index (χ1n) is 12.1. The summed E-state index contributed by atoms with van der Waals surface area (Å²) in [5.41, 5.74) is 4.52. The topological polar surface area (TPSA) is 99.5 Å². The van der Waals surface area contributed by atoms with Gasteiger partial charge in [-0.05, 0) is 82.0 Å². The second-order valence-corrected chi connectivity index (χ2v) is 11.8. The summed E-state index contributed by atoms with van der Waals surface area (Å²) in [5, 5.41) is 7.59. The van der Waals surface area contributed by atoms with Gasteiger partial charge < -0.3 is 14.8 Å². The van der Waals surface area contributed by atoms with Crippen molar-refractivity contribution in [3.8, 4) is 22.8 Å². The maximum absolute atomic E-state index is 12.8. The Morgan fingerprint density at radius 3 is 2.56 bits per heavy atom. The van der Waals surface area contributed by atoms with E-state index in [1.807, 2.05) is 71.0 Å². The molecule has 36 heavy (non-hydrogen) atoms. The number of anilines is 1. The van der Waals surface area contributed by atoms with Crippen molar-refractivity contribution in [1.82, 2.24) is 9.78 Å². The largest absolute Gasteiger partial charge is 0.491 e. The molecular formula is C27H33N3O5S. The SMILES string of the molecule is Cc1cc(-c2cc(NC(=O)COc3cccc(C)c3C)n(C3CCS(=O)(=O)C3)n2)ccc1OC(C)C. The molecule has 1 saturated heterocycles. The van der Waals surface area contributed by atoms with Gasteiger partial charge in [0.05, 0.1) is 29.3 Å². The summed E-state index contributed by atoms with van der Waals surface area (Å²) in [6.07, 6.45) is 0.511. The van der Waals surface area contributed by atoms with Crippen LogP contribution in [0, 0.1) is 20.8 Å². The van der Waals surface area contributed by atoms with Crippen LogP contribution >= 0.6 is 0 Å². The molecule has 9 heteroatoms. The number of aryl methyl sites for hydroxylation is 2. The Morgan fingerprint density at radius 1 is 1.11 bits per heavy atom. The van der Waals surface area contributed by atoms with E-state index < -0.39 is 9.84 Å². The van der Waals surface area contributed by atoms with E-state index in [4.69, 9.17) is 14.6 Å². The fourth-order valence-electron chi connectivity index (χ4n) is 4.27. The van der Waals surface area contributed by atoms with Gasteiger partial charge in [-0.25, -0.2) is 13.1 Å².